The number of rotatable bonds is 6. The summed E-state index contributed by atoms with van der Waals surface area (Å²) < 4.78 is 0. The van der Waals surface area contributed by atoms with E-state index in [4.69, 9.17) is 11.6 Å². The van der Waals surface area contributed by atoms with E-state index in [1.807, 2.05) is 6.20 Å². The Morgan fingerprint density at radius 3 is 2.52 bits per heavy atom. The number of nitrogens with one attached hydrogen (secondary N) is 1. The average Bonchev–Trinajstić information content (AvgIpc) is 3.15. The van der Waals surface area contributed by atoms with Gasteiger partial charge in [0.25, 0.3) is 5.91 Å². The topological polar surface area (TPSA) is 45.2 Å². The number of halogens is 1. The van der Waals surface area contributed by atoms with E-state index in [0.29, 0.717) is 29.1 Å². The number of likely N-dealkylation sites (tertiary alicyclic amines) is 1. The Morgan fingerprint density at radius 1 is 1.17 bits per heavy atom. The molecule has 150 valence electrons. The summed E-state index contributed by atoms with van der Waals surface area (Å²) in [6.07, 6.45) is 1.98. The van der Waals surface area contributed by atoms with Gasteiger partial charge in [0.15, 0.2) is 0 Å². The molecular formula is C23H24ClN3OS. The van der Waals surface area contributed by atoms with E-state index >= 15 is 0 Å². The van der Waals surface area contributed by atoms with Crippen LogP contribution in [0.15, 0.2) is 54.7 Å². The number of benzene rings is 2. The van der Waals surface area contributed by atoms with Crippen molar-refractivity contribution >= 4 is 28.8 Å². The fourth-order valence-electron chi connectivity index (χ4n) is 3.37. The van der Waals surface area contributed by atoms with Gasteiger partial charge in [-0.3, -0.25) is 9.69 Å². The van der Waals surface area contributed by atoms with Crippen LogP contribution in [0.3, 0.4) is 0 Å². The highest BCUT2D eigenvalue weighted by Gasteiger charge is 2.31. The van der Waals surface area contributed by atoms with E-state index < -0.39 is 0 Å². The summed E-state index contributed by atoms with van der Waals surface area (Å²) in [5, 5.41) is 4.80. The minimum Gasteiger partial charge on any atom is -0.348 e. The lowest BCUT2D eigenvalue weighted by Crippen LogP contribution is -2.48. The first-order valence-corrected chi connectivity index (χ1v) is 11.0. The van der Waals surface area contributed by atoms with Crippen LogP contribution in [0.4, 0.5) is 0 Å². The number of nitrogens with zero attached hydrogens (tertiary/aromatic N) is 2. The summed E-state index contributed by atoms with van der Waals surface area (Å²) in [6.45, 7) is 7.18. The van der Waals surface area contributed by atoms with Crippen LogP contribution < -0.4 is 5.32 Å². The van der Waals surface area contributed by atoms with Gasteiger partial charge in [0.2, 0.25) is 0 Å². The van der Waals surface area contributed by atoms with Gasteiger partial charge in [-0.15, -0.1) is 11.3 Å². The number of aromatic nitrogens is 1. The second-order valence-electron chi connectivity index (χ2n) is 7.69. The zero-order valence-electron chi connectivity index (χ0n) is 16.6. The third-order valence-corrected chi connectivity index (χ3v) is 6.77. The summed E-state index contributed by atoms with van der Waals surface area (Å²) in [5.41, 5.74) is 2.84. The molecule has 1 aromatic heterocycles. The van der Waals surface area contributed by atoms with E-state index in [-0.39, 0.29) is 5.91 Å². The normalized spacial score (nSPS) is 14.8. The van der Waals surface area contributed by atoms with E-state index in [2.05, 4.69) is 53.3 Å². The lowest BCUT2D eigenvalue weighted by Gasteiger charge is -2.41. The van der Waals surface area contributed by atoms with Crippen LogP contribution in [0, 0.1) is 0 Å². The number of carbonyl (C=O) groups excluding carboxylic acids is 1. The summed E-state index contributed by atoms with van der Waals surface area (Å²) in [5.74, 6) is 0.465. The third-order valence-electron chi connectivity index (χ3n) is 5.31. The Kier molecular flexibility index (Phi) is 5.99. The first-order valence-electron chi connectivity index (χ1n) is 9.82. The van der Waals surface area contributed by atoms with Crippen molar-refractivity contribution in [2.45, 2.75) is 32.4 Å². The van der Waals surface area contributed by atoms with Gasteiger partial charge in [0.05, 0.1) is 9.88 Å². The van der Waals surface area contributed by atoms with Gasteiger partial charge < -0.3 is 5.32 Å². The van der Waals surface area contributed by atoms with Crippen LogP contribution in [0.1, 0.15) is 40.7 Å². The molecule has 0 radical (unpaired) electrons. The van der Waals surface area contributed by atoms with Gasteiger partial charge in [-0.1, -0.05) is 35.9 Å². The molecule has 0 spiro atoms. The molecule has 1 aliphatic heterocycles. The minimum absolute atomic E-state index is 0.103. The van der Waals surface area contributed by atoms with Crippen LogP contribution in [-0.4, -0.2) is 34.9 Å². The molecule has 0 unspecified atom stereocenters. The molecule has 6 heteroatoms. The van der Waals surface area contributed by atoms with Gasteiger partial charge in [0, 0.05) is 48.4 Å². The van der Waals surface area contributed by atoms with Crippen LogP contribution >= 0.6 is 22.9 Å². The van der Waals surface area contributed by atoms with E-state index in [9.17, 15) is 4.79 Å². The first kappa shape index (κ1) is 20.1. The maximum atomic E-state index is 12.2. The van der Waals surface area contributed by atoms with Crippen molar-refractivity contribution in [2.75, 3.05) is 13.1 Å². The van der Waals surface area contributed by atoms with Gasteiger partial charge >= 0.3 is 0 Å². The van der Waals surface area contributed by atoms with Gasteiger partial charge in [-0.25, -0.2) is 4.98 Å². The van der Waals surface area contributed by atoms with E-state index in [1.54, 1.807) is 35.6 Å². The SMILES string of the molecule is CC(C)N1CC(c2ncc(-c3ccc(CNC(=O)c4ccc(Cl)cc4)cc3)s2)C1. The highest BCUT2D eigenvalue weighted by Crippen LogP contribution is 2.35. The lowest BCUT2D eigenvalue weighted by atomic mass is 9.99. The number of amides is 1. The lowest BCUT2D eigenvalue weighted by molar-refractivity contribution is 0.0951. The predicted octanol–water partition coefficient (Wildman–Crippen LogP) is 5.20. The number of hydrogen-bond donors (Lipinski definition) is 1. The molecule has 2 heterocycles. The summed E-state index contributed by atoms with van der Waals surface area (Å²) in [7, 11) is 0. The van der Waals surface area contributed by atoms with Crippen molar-refractivity contribution < 1.29 is 4.79 Å². The van der Waals surface area contributed by atoms with Crippen LogP contribution in [0.5, 0.6) is 0 Å². The smallest absolute Gasteiger partial charge is 0.251 e. The Balaban J connectivity index is 1.33. The molecule has 0 atom stereocenters. The molecule has 1 fully saturated rings. The Labute approximate surface area is 180 Å². The maximum Gasteiger partial charge on any atom is 0.251 e. The number of thiazole rings is 1. The molecule has 1 aliphatic rings. The quantitative estimate of drug-likeness (QED) is 0.590. The molecule has 3 aromatic rings. The molecule has 4 rings (SSSR count). The highest BCUT2D eigenvalue weighted by atomic mass is 35.5. The van der Waals surface area contributed by atoms with E-state index in [0.717, 1.165) is 18.7 Å². The van der Waals surface area contributed by atoms with Crippen LogP contribution in [-0.2, 0) is 6.54 Å². The monoisotopic (exact) mass is 425 g/mol. The molecule has 0 aliphatic carbocycles. The Bertz CT molecular complexity index is 976. The Morgan fingerprint density at radius 2 is 1.86 bits per heavy atom. The molecule has 0 bridgehead atoms. The largest absolute Gasteiger partial charge is 0.348 e. The van der Waals surface area contributed by atoms with Crippen molar-refractivity contribution in [1.29, 1.82) is 0 Å². The van der Waals surface area contributed by atoms with Crippen molar-refractivity contribution in [3.63, 3.8) is 0 Å². The third kappa shape index (κ3) is 4.69. The molecule has 4 nitrogen and oxygen atoms in total. The first-order chi connectivity index (χ1) is 14.0. The molecule has 1 amide bonds. The van der Waals surface area contributed by atoms with Gasteiger partial charge in [0.1, 0.15) is 0 Å². The standard InChI is InChI=1S/C23H24ClN3OS/c1-15(2)27-13-19(14-27)23-26-12-21(29-23)17-5-3-16(4-6-17)11-25-22(28)18-7-9-20(24)10-8-18/h3-10,12,15,19H,11,13-14H2,1-2H3,(H,25,28). The van der Waals surface area contributed by atoms with Crippen molar-refractivity contribution in [1.82, 2.24) is 15.2 Å². The summed E-state index contributed by atoms with van der Waals surface area (Å²) >= 11 is 7.65. The molecule has 0 saturated carbocycles. The summed E-state index contributed by atoms with van der Waals surface area (Å²) in [4.78, 5) is 20.5. The van der Waals surface area contributed by atoms with Crippen LogP contribution in [0.2, 0.25) is 5.02 Å². The maximum absolute atomic E-state index is 12.2. The predicted molar refractivity (Wildman–Crippen MR) is 120 cm³/mol. The zero-order chi connectivity index (χ0) is 20.4. The molecule has 2 aromatic carbocycles. The van der Waals surface area contributed by atoms with Gasteiger partial charge in [-0.05, 0) is 49.2 Å². The van der Waals surface area contributed by atoms with E-state index in [1.165, 1.54) is 15.4 Å². The summed E-state index contributed by atoms with van der Waals surface area (Å²) in [6, 6.07) is 15.8. The molecule has 1 saturated heterocycles. The molecule has 1 N–H and O–H groups in total. The fourth-order valence-corrected chi connectivity index (χ4v) is 4.50. The Hall–Kier alpha value is -2.21. The second kappa shape index (κ2) is 8.66. The number of carbonyl (C=O) groups is 1. The number of hydrogen-bond acceptors (Lipinski definition) is 4. The van der Waals surface area contributed by atoms with Crippen molar-refractivity contribution in [3.8, 4) is 10.4 Å². The fraction of sp³-hybridized carbons (Fsp3) is 0.304. The van der Waals surface area contributed by atoms with Gasteiger partial charge in [-0.2, -0.15) is 0 Å². The molecule has 29 heavy (non-hydrogen) atoms. The second-order valence-corrected chi connectivity index (χ2v) is 9.19. The minimum atomic E-state index is -0.103. The highest BCUT2D eigenvalue weighted by molar-refractivity contribution is 7.15. The van der Waals surface area contributed by atoms with Crippen molar-refractivity contribution in [2.24, 2.45) is 0 Å². The molecular weight excluding hydrogens is 402 g/mol. The zero-order valence-corrected chi connectivity index (χ0v) is 18.1. The van der Waals surface area contributed by atoms with Crippen molar-refractivity contribution in [3.05, 3.63) is 75.9 Å². The average molecular weight is 426 g/mol. The van der Waals surface area contributed by atoms with Crippen LogP contribution in [0.25, 0.3) is 10.4 Å².